The van der Waals surface area contributed by atoms with Crippen molar-refractivity contribution in [2.45, 2.75) is 65.3 Å². The number of methoxy groups -OCH3 is 2. The molecule has 6 heteroatoms. The number of ketones is 1. The van der Waals surface area contributed by atoms with Crippen LogP contribution in [0, 0.1) is 0 Å². The van der Waals surface area contributed by atoms with Crippen molar-refractivity contribution >= 4 is 14.1 Å². The van der Waals surface area contributed by atoms with Crippen molar-refractivity contribution in [3.63, 3.8) is 0 Å². The smallest absolute Gasteiger partial charge is 0.192 e. The maximum atomic E-state index is 11.9. The van der Waals surface area contributed by atoms with Crippen LogP contribution in [0.15, 0.2) is 12.1 Å². The molecule has 0 aliphatic carbocycles. The van der Waals surface area contributed by atoms with E-state index in [4.69, 9.17) is 18.6 Å². The van der Waals surface area contributed by atoms with Gasteiger partial charge >= 0.3 is 0 Å². The number of hydrogen-bond acceptors (Lipinski definition) is 5. The number of benzene rings is 1. The topological polar surface area (TPSA) is 54.0 Å². The third-order valence-corrected chi connectivity index (χ3v) is 9.69. The molecule has 1 aromatic rings. The molecule has 0 fully saturated rings. The van der Waals surface area contributed by atoms with E-state index in [1.54, 1.807) is 21.1 Å². The zero-order chi connectivity index (χ0) is 20.1. The van der Waals surface area contributed by atoms with Gasteiger partial charge in [-0.15, -0.1) is 0 Å². The quantitative estimate of drug-likeness (QED) is 0.449. The Balaban J connectivity index is 3.26. The third kappa shape index (κ3) is 5.56. The van der Waals surface area contributed by atoms with Crippen molar-refractivity contribution in [2.24, 2.45) is 0 Å². The van der Waals surface area contributed by atoms with Crippen molar-refractivity contribution in [3.05, 3.63) is 23.3 Å². The molecule has 26 heavy (non-hydrogen) atoms. The molecule has 1 atom stereocenters. The van der Waals surface area contributed by atoms with Crippen LogP contribution in [0.1, 0.15) is 51.7 Å². The fourth-order valence-corrected chi connectivity index (χ4v) is 3.16. The Kier molecular flexibility index (Phi) is 7.86. The molecule has 0 saturated heterocycles. The first-order valence-electron chi connectivity index (χ1n) is 8.91. The van der Waals surface area contributed by atoms with E-state index in [-0.39, 0.29) is 23.5 Å². The Labute approximate surface area is 159 Å². The second-order valence-corrected chi connectivity index (χ2v) is 12.9. The van der Waals surface area contributed by atoms with E-state index in [1.807, 2.05) is 19.1 Å². The Hall–Kier alpha value is -1.37. The van der Waals surface area contributed by atoms with Gasteiger partial charge in [0.05, 0.1) is 13.7 Å². The lowest BCUT2D eigenvalue weighted by atomic mass is 9.94. The van der Waals surface area contributed by atoms with Crippen LogP contribution in [-0.2, 0) is 20.6 Å². The Bertz CT molecular complexity index is 619. The third-order valence-electron chi connectivity index (χ3n) is 5.22. The second-order valence-electron chi connectivity index (χ2n) is 8.13. The maximum absolute atomic E-state index is 11.9. The number of carbonyl (C=O) groups is 1. The Morgan fingerprint density at radius 2 is 1.77 bits per heavy atom. The number of ether oxygens (including phenoxy) is 3. The van der Waals surface area contributed by atoms with Crippen molar-refractivity contribution < 1.29 is 23.4 Å². The van der Waals surface area contributed by atoms with Crippen LogP contribution >= 0.6 is 0 Å². The lowest BCUT2D eigenvalue weighted by Crippen LogP contribution is -2.40. The summed E-state index contributed by atoms with van der Waals surface area (Å²) in [6, 6.07) is 3.78. The summed E-state index contributed by atoms with van der Waals surface area (Å²) in [6.45, 7) is 15.1. The molecule has 0 aliphatic rings. The summed E-state index contributed by atoms with van der Waals surface area (Å²) >= 11 is 0. The van der Waals surface area contributed by atoms with Crippen molar-refractivity contribution in [1.29, 1.82) is 0 Å². The normalized spacial score (nSPS) is 13.4. The molecule has 148 valence electrons. The molecule has 0 heterocycles. The molecular weight excluding hydrogens is 348 g/mol. The van der Waals surface area contributed by atoms with E-state index in [0.717, 1.165) is 11.1 Å². The minimum Gasteiger partial charge on any atom is -0.496 e. The highest BCUT2D eigenvalue weighted by molar-refractivity contribution is 6.74. The number of Topliss-reactive ketones (excluding diaryl/α,β-unsaturated/α-hetero) is 1. The first kappa shape index (κ1) is 22.7. The highest BCUT2D eigenvalue weighted by atomic mass is 28.4. The summed E-state index contributed by atoms with van der Waals surface area (Å²) in [5.74, 6) is 1.09. The zero-order valence-electron chi connectivity index (χ0n) is 17.7. The molecule has 0 bridgehead atoms. The molecule has 5 nitrogen and oxygen atoms in total. The summed E-state index contributed by atoms with van der Waals surface area (Å²) in [7, 11) is 1.29. The van der Waals surface area contributed by atoms with Crippen LogP contribution in [0.2, 0.25) is 18.1 Å². The summed E-state index contributed by atoms with van der Waals surface area (Å²) in [5.41, 5.74) is 1.74. The largest absolute Gasteiger partial charge is 0.496 e. The van der Waals surface area contributed by atoms with Gasteiger partial charge in [0.1, 0.15) is 17.3 Å². The van der Waals surface area contributed by atoms with Gasteiger partial charge in [-0.3, -0.25) is 4.79 Å². The summed E-state index contributed by atoms with van der Waals surface area (Å²) in [6.07, 6.45) is 0. The van der Waals surface area contributed by atoms with E-state index in [2.05, 4.69) is 33.9 Å². The number of carbonyl (C=O) groups excluding carboxylic acids is 1. The molecule has 0 amide bonds. The minimum absolute atomic E-state index is 0.0775. The second kappa shape index (κ2) is 9.02. The van der Waals surface area contributed by atoms with Gasteiger partial charge in [-0.25, -0.2) is 0 Å². The van der Waals surface area contributed by atoms with Gasteiger partial charge < -0.3 is 18.6 Å². The molecule has 0 spiro atoms. The van der Waals surface area contributed by atoms with Crippen LogP contribution in [0.25, 0.3) is 0 Å². The molecule has 0 radical (unpaired) electrons. The number of rotatable bonds is 9. The van der Waals surface area contributed by atoms with Crippen LogP contribution in [0.4, 0.5) is 0 Å². The molecule has 0 saturated carbocycles. The summed E-state index contributed by atoms with van der Waals surface area (Å²) < 4.78 is 22.6. The molecular formula is C20H34O5Si. The van der Waals surface area contributed by atoms with E-state index in [1.165, 1.54) is 0 Å². The van der Waals surface area contributed by atoms with Crippen molar-refractivity contribution in [1.82, 2.24) is 0 Å². The molecule has 0 aliphatic heterocycles. The van der Waals surface area contributed by atoms with Gasteiger partial charge in [-0.05, 0) is 31.1 Å². The average molecular weight is 383 g/mol. The van der Waals surface area contributed by atoms with E-state index >= 15 is 0 Å². The fraction of sp³-hybridized carbons (Fsp3) is 0.650. The average Bonchev–Trinajstić information content (AvgIpc) is 2.56. The maximum Gasteiger partial charge on any atom is 0.192 e. The number of hydrogen-bond donors (Lipinski definition) is 0. The molecule has 0 unspecified atom stereocenters. The van der Waals surface area contributed by atoms with Crippen molar-refractivity contribution in [2.75, 3.05) is 21.0 Å². The van der Waals surface area contributed by atoms with Gasteiger partial charge in [0.15, 0.2) is 15.1 Å². The predicted molar refractivity (Wildman–Crippen MR) is 107 cm³/mol. The SMILES string of the molecule is COCOc1cc(OC)c(CO[Si](C)(C)C(C)(C)C)cc1[C@@H](C)C(C)=O. The van der Waals surface area contributed by atoms with Crippen LogP contribution in [0.5, 0.6) is 11.5 Å². The lowest BCUT2D eigenvalue weighted by molar-refractivity contribution is -0.118. The fourth-order valence-electron chi connectivity index (χ4n) is 2.21. The first-order valence-corrected chi connectivity index (χ1v) is 11.8. The van der Waals surface area contributed by atoms with Gasteiger partial charge in [-0.2, -0.15) is 0 Å². The molecule has 1 aromatic carbocycles. The Morgan fingerprint density at radius 1 is 1.15 bits per heavy atom. The first-order chi connectivity index (χ1) is 11.9. The van der Waals surface area contributed by atoms with E-state index in [9.17, 15) is 4.79 Å². The highest BCUT2D eigenvalue weighted by Crippen LogP contribution is 2.39. The van der Waals surface area contributed by atoms with Crippen LogP contribution in [-0.4, -0.2) is 35.1 Å². The van der Waals surface area contributed by atoms with Gasteiger partial charge in [-0.1, -0.05) is 27.7 Å². The van der Waals surface area contributed by atoms with Gasteiger partial charge in [0, 0.05) is 30.2 Å². The van der Waals surface area contributed by atoms with Crippen LogP contribution in [0.3, 0.4) is 0 Å². The lowest BCUT2D eigenvalue weighted by Gasteiger charge is -2.36. The van der Waals surface area contributed by atoms with E-state index in [0.29, 0.717) is 18.1 Å². The molecule has 0 N–H and O–H groups in total. The van der Waals surface area contributed by atoms with Gasteiger partial charge in [0.2, 0.25) is 0 Å². The predicted octanol–water partition coefficient (Wildman–Crippen LogP) is 4.89. The molecule has 1 rings (SSSR count). The van der Waals surface area contributed by atoms with Gasteiger partial charge in [0.25, 0.3) is 0 Å². The minimum atomic E-state index is -1.90. The van der Waals surface area contributed by atoms with E-state index < -0.39 is 8.32 Å². The summed E-state index contributed by atoms with van der Waals surface area (Å²) in [4.78, 5) is 11.9. The molecule has 0 aromatic heterocycles. The Morgan fingerprint density at radius 3 is 2.23 bits per heavy atom. The summed E-state index contributed by atoms with van der Waals surface area (Å²) in [5, 5.41) is 0.122. The van der Waals surface area contributed by atoms with Crippen LogP contribution < -0.4 is 9.47 Å². The monoisotopic (exact) mass is 382 g/mol. The highest BCUT2D eigenvalue weighted by Gasteiger charge is 2.37. The zero-order valence-corrected chi connectivity index (χ0v) is 18.7. The standard InChI is InChI=1S/C20H34O5Si/c1-14(15(2)21)17-10-16(12-25-26(8,9)20(3,4)5)18(23-7)11-19(17)24-13-22-6/h10-11,14H,12-13H2,1-9H3/t14-/m0/s1. The van der Waals surface area contributed by atoms with Crippen molar-refractivity contribution in [3.8, 4) is 11.5 Å².